The largest absolute Gasteiger partial charge is 0.398 e. The van der Waals surface area contributed by atoms with Crippen molar-refractivity contribution in [1.82, 2.24) is 0 Å². The first kappa shape index (κ1) is 13.2. The number of benzene rings is 1. The van der Waals surface area contributed by atoms with Crippen molar-refractivity contribution < 1.29 is 13.2 Å². The lowest BCUT2D eigenvalue weighted by molar-refractivity contribution is -0.160. The average Bonchev–Trinajstić information content (AvgIpc) is 2.97. The molecule has 1 aromatic rings. The molecule has 94 valence electrons. The Hall–Kier alpha value is -0.260. The molecule has 0 nitrogen and oxygen atoms in total. The van der Waals surface area contributed by atoms with Crippen LogP contribution in [-0.2, 0) is 11.8 Å². The van der Waals surface area contributed by atoms with E-state index in [1.54, 1.807) is 12.1 Å². The van der Waals surface area contributed by atoms with Crippen LogP contribution in [0.3, 0.4) is 0 Å². The molecular formula is C13H14F3I. The lowest BCUT2D eigenvalue weighted by Crippen LogP contribution is -2.28. The predicted octanol–water partition coefficient (Wildman–Crippen LogP) is 4.65. The first-order valence-electron chi connectivity index (χ1n) is 5.65. The zero-order chi connectivity index (χ0) is 12.7. The standard InChI is InChI=1S/C13H14F3I/c1-9(17)8-10-2-4-11(5-3-10)12(6-7-12)13(14,15)16/h2-5,9H,6-8H2,1H3. The lowest BCUT2D eigenvalue weighted by Gasteiger charge is -2.19. The molecule has 4 heteroatoms. The van der Waals surface area contributed by atoms with E-state index >= 15 is 0 Å². The number of hydrogen-bond donors (Lipinski definition) is 0. The first-order valence-corrected chi connectivity index (χ1v) is 6.90. The van der Waals surface area contributed by atoms with Crippen molar-refractivity contribution in [3.63, 3.8) is 0 Å². The maximum atomic E-state index is 12.9. The van der Waals surface area contributed by atoms with E-state index in [0.717, 1.165) is 12.0 Å². The summed E-state index contributed by atoms with van der Waals surface area (Å²) in [6.07, 6.45) is -2.73. The molecule has 0 heterocycles. The lowest BCUT2D eigenvalue weighted by atomic mass is 9.94. The van der Waals surface area contributed by atoms with Crippen LogP contribution in [0.1, 0.15) is 30.9 Å². The molecule has 1 saturated carbocycles. The quantitative estimate of drug-likeness (QED) is 0.548. The molecule has 1 aliphatic rings. The summed E-state index contributed by atoms with van der Waals surface area (Å²) in [6, 6.07) is 6.95. The highest BCUT2D eigenvalue weighted by Crippen LogP contribution is 2.58. The summed E-state index contributed by atoms with van der Waals surface area (Å²) in [5.41, 5.74) is -0.00920. The van der Waals surface area contributed by atoms with Gasteiger partial charge in [-0.3, -0.25) is 0 Å². The molecule has 0 amide bonds. The van der Waals surface area contributed by atoms with E-state index in [9.17, 15) is 13.2 Å². The fourth-order valence-electron chi connectivity index (χ4n) is 2.15. The van der Waals surface area contributed by atoms with Crippen molar-refractivity contribution in [2.45, 2.75) is 41.7 Å². The highest BCUT2D eigenvalue weighted by molar-refractivity contribution is 14.1. The third-order valence-electron chi connectivity index (χ3n) is 3.32. The van der Waals surface area contributed by atoms with Gasteiger partial charge < -0.3 is 0 Å². The second-order valence-electron chi connectivity index (χ2n) is 4.76. The van der Waals surface area contributed by atoms with Crippen LogP contribution in [0.15, 0.2) is 24.3 Å². The van der Waals surface area contributed by atoms with E-state index in [4.69, 9.17) is 0 Å². The third kappa shape index (κ3) is 2.61. The Morgan fingerprint density at radius 1 is 1.24 bits per heavy atom. The molecule has 0 spiro atoms. The summed E-state index contributed by atoms with van der Waals surface area (Å²) in [5.74, 6) is 0. The van der Waals surface area contributed by atoms with Crippen molar-refractivity contribution >= 4 is 22.6 Å². The Morgan fingerprint density at radius 3 is 2.12 bits per heavy atom. The van der Waals surface area contributed by atoms with Gasteiger partial charge in [-0.1, -0.05) is 53.8 Å². The Balaban J connectivity index is 2.19. The number of hydrogen-bond acceptors (Lipinski definition) is 0. The minimum absolute atomic E-state index is 0.235. The minimum atomic E-state index is -4.11. The molecule has 1 aliphatic carbocycles. The van der Waals surface area contributed by atoms with Gasteiger partial charge in [0.15, 0.2) is 0 Å². The third-order valence-corrected chi connectivity index (χ3v) is 3.76. The smallest absolute Gasteiger partial charge is 0.170 e. The highest BCUT2D eigenvalue weighted by Gasteiger charge is 2.64. The van der Waals surface area contributed by atoms with Gasteiger partial charge in [0.2, 0.25) is 0 Å². The normalized spacial score (nSPS) is 20.1. The van der Waals surface area contributed by atoms with E-state index in [2.05, 4.69) is 29.5 Å². The maximum Gasteiger partial charge on any atom is 0.398 e. The molecule has 1 fully saturated rings. The predicted molar refractivity (Wildman–Crippen MR) is 70.6 cm³/mol. The molecule has 1 unspecified atom stereocenters. The number of rotatable bonds is 3. The van der Waals surface area contributed by atoms with E-state index in [-0.39, 0.29) is 12.8 Å². The Kier molecular flexibility index (Phi) is 3.45. The van der Waals surface area contributed by atoms with Crippen LogP contribution < -0.4 is 0 Å². The number of halogens is 4. The van der Waals surface area contributed by atoms with Gasteiger partial charge in [0.05, 0.1) is 5.41 Å². The van der Waals surface area contributed by atoms with Crippen LogP contribution in [-0.4, -0.2) is 10.1 Å². The number of alkyl halides is 4. The second-order valence-corrected chi connectivity index (χ2v) is 6.89. The van der Waals surface area contributed by atoms with Crippen molar-refractivity contribution in [2.24, 2.45) is 0 Å². The summed E-state index contributed by atoms with van der Waals surface area (Å²) in [6.45, 7) is 2.09. The van der Waals surface area contributed by atoms with E-state index in [1.165, 1.54) is 0 Å². The SMILES string of the molecule is CC(I)Cc1ccc(C2(C(F)(F)F)CC2)cc1. The Morgan fingerprint density at radius 2 is 1.76 bits per heavy atom. The van der Waals surface area contributed by atoms with Crippen LogP contribution in [0.2, 0.25) is 0 Å². The molecule has 0 saturated heterocycles. The van der Waals surface area contributed by atoms with Gasteiger partial charge in [0.1, 0.15) is 0 Å². The van der Waals surface area contributed by atoms with Gasteiger partial charge in [-0.15, -0.1) is 0 Å². The van der Waals surface area contributed by atoms with Crippen molar-refractivity contribution in [3.8, 4) is 0 Å². The molecule has 1 aromatic carbocycles. The molecule has 0 N–H and O–H groups in total. The fourth-order valence-corrected chi connectivity index (χ4v) is 2.65. The topological polar surface area (TPSA) is 0 Å². The molecule has 0 aliphatic heterocycles. The van der Waals surface area contributed by atoms with Crippen LogP contribution in [0, 0.1) is 0 Å². The molecule has 2 rings (SSSR count). The van der Waals surface area contributed by atoms with E-state index in [1.807, 2.05) is 12.1 Å². The summed E-state index contributed by atoms with van der Waals surface area (Å²) in [7, 11) is 0. The van der Waals surface area contributed by atoms with Gasteiger partial charge in [0, 0.05) is 3.92 Å². The van der Waals surface area contributed by atoms with Crippen LogP contribution in [0.4, 0.5) is 13.2 Å². The zero-order valence-electron chi connectivity index (χ0n) is 9.52. The van der Waals surface area contributed by atoms with Gasteiger partial charge in [-0.05, 0) is 30.4 Å². The summed E-state index contributed by atoms with van der Waals surface area (Å²) >= 11 is 2.32. The first-order chi connectivity index (χ1) is 7.85. The van der Waals surface area contributed by atoms with Crippen LogP contribution in [0.5, 0.6) is 0 Å². The monoisotopic (exact) mass is 354 g/mol. The minimum Gasteiger partial charge on any atom is -0.170 e. The molecule has 0 radical (unpaired) electrons. The van der Waals surface area contributed by atoms with Gasteiger partial charge >= 0.3 is 6.18 Å². The molecule has 0 bridgehead atoms. The average molecular weight is 354 g/mol. The highest BCUT2D eigenvalue weighted by atomic mass is 127. The molecule has 0 aromatic heterocycles. The Labute approximate surface area is 113 Å². The van der Waals surface area contributed by atoms with Gasteiger partial charge in [0.25, 0.3) is 0 Å². The van der Waals surface area contributed by atoms with Crippen LogP contribution >= 0.6 is 22.6 Å². The molecule has 17 heavy (non-hydrogen) atoms. The maximum absolute atomic E-state index is 12.9. The van der Waals surface area contributed by atoms with Crippen molar-refractivity contribution in [3.05, 3.63) is 35.4 Å². The summed E-state index contributed by atoms with van der Waals surface area (Å²) < 4.78 is 39.2. The Bertz CT molecular complexity index is 388. The van der Waals surface area contributed by atoms with Crippen molar-refractivity contribution in [1.29, 1.82) is 0 Å². The molecular weight excluding hydrogens is 340 g/mol. The van der Waals surface area contributed by atoms with Crippen molar-refractivity contribution in [2.75, 3.05) is 0 Å². The summed E-state index contributed by atoms with van der Waals surface area (Å²) in [5, 5.41) is 0. The fraction of sp³-hybridized carbons (Fsp3) is 0.538. The zero-order valence-corrected chi connectivity index (χ0v) is 11.7. The van der Waals surface area contributed by atoms with Crippen LogP contribution in [0.25, 0.3) is 0 Å². The second kappa shape index (κ2) is 4.44. The van der Waals surface area contributed by atoms with E-state index in [0.29, 0.717) is 9.49 Å². The van der Waals surface area contributed by atoms with Gasteiger partial charge in [-0.2, -0.15) is 13.2 Å². The van der Waals surface area contributed by atoms with Gasteiger partial charge in [-0.25, -0.2) is 0 Å². The van der Waals surface area contributed by atoms with E-state index < -0.39 is 11.6 Å². The summed E-state index contributed by atoms with van der Waals surface area (Å²) in [4.78, 5) is 0. The molecule has 1 atom stereocenters.